The monoisotopic (exact) mass is 730 g/mol. The smallest absolute Gasteiger partial charge is 0.243 e. The third-order valence-electron chi connectivity index (χ3n) is 10.2. The number of benzene rings is 2. The Kier molecular flexibility index (Phi) is 16.0. The molecule has 1 heterocycles. The fourth-order valence-electron chi connectivity index (χ4n) is 6.84. The van der Waals surface area contributed by atoms with Crippen LogP contribution in [0.3, 0.4) is 0 Å². The lowest BCUT2D eigenvalue weighted by Gasteiger charge is -2.29. The van der Waals surface area contributed by atoms with Gasteiger partial charge in [-0.25, -0.2) is 10.4 Å². The van der Waals surface area contributed by atoms with Crippen molar-refractivity contribution in [2.45, 2.75) is 123 Å². The first kappa shape index (κ1) is 41.7. The van der Waals surface area contributed by atoms with E-state index in [-0.39, 0.29) is 36.5 Å². The van der Waals surface area contributed by atoms with Crippen molar-refractivity contribution in [2.24, 2.45) is 17.3 Å². The van der Waals surface area contributed by atoms with Crippen LogP contribution in [0.4, 0.5) is 0 Å². The Morgan fingerprint density at radius 3 is 1.74 bits per heavy atom. The van der Waals surface area contributed by atoms with E-state index < -0.39 is 47.3 Å². The number of amides is 4. The van der Waals surface area contributed by atoms with E-state index in [4.69, 9.17) is 0 Å². The average molecular weight is 731 g/mol. The number of hydrogen-bond acceptors (Lipinski definition) is 7. The number of piperidine rings is 1. The highest BCUT2D eigenvalue weighted by Crippen LogP contribution is 2.47. The number of rotatable bonds is 21. The van der Waals surface area contributed by atoms with E-state index in [1.807, 2.05) is 100 Å². The highest BCUT2D eigenvalue weighted by atomic mass is 16.2. The molecule has 2 aromatic rings. The van der Waals surface area contributed by atoms with E-state index in [0.29, 0.717) is 25.7 Å². The van der Waals surface area contributed by atoms with Gasteiger partial charge in [-0.3, -0.25) is 24.0 Å². The molecule has 1 aliphatic heterocycles. The van der Waals surface area contributed by atoms with Crippen LogP contribution in [0.5, 0.6) is 0 Å². The minimum absolute atomic E-state index is 0.0315. The average Bonchev–Trinajstić information content (AvgIpc) is 3.90. The molecule has 0 bridgehead atoms. The largest absolute Gasteiger partial charge is 0.344 e. The Labute approximate surface area is 316 Å². The Balaban J connectivity index is 1.50. The fourth-order valence-corrected chi connectivity index (χ4v) is 6.84. The number of Topliss-reactive ketones (excluding diaryl/α,β-unsaturated/α-hetero) is 1. The Hall–Kier alpha value is -4.09. The van der Waals surface area contributed by atoms with E-state index in [0.717, 1.165) is 49.9 Å². The van der Waals surface area contributed by atoms with Gasteiger partial charge in [0.2, 0.25) is 23.6 Å². The molecule has 1 saturated heterocycles. The summed E-state index contributed by atoms with van der Waals surface area (Å²) in [6, 6.07) is 15.7. The number of aryl methyl sites for hydroxylation is 1. The van der Waals surface area contributed by atoms with Crippen molar-refractivity contribution in [1.82, 2.24) is 31.7 Å². The summed E-state index contributed by atoms with van der Waals surface area (Å²) in [5.74, 6) is -1.46. The topological polar surface area (TPSA) is 149 Å². The van der Waals surface area contributed by atoms with Gasteiger partial charge in [-0.15, -0.1) is 0 Å². The third-order valence-corrected chi connectivity index (χ3v) is 10.2. The van der Waals surface area contributed by atoms with Crippen LogP contribution in [0, 0.1) is 17.3 Å². The van der Waals surface area contributed by atoms with Gasteiger partial charge in [-0.1, -0.05) is 102 Å². The van der Waals surface area contributed by atoms with Crippen molar-refractivity contribution in [3.05, 3.63) is 71.8 Å². The van der Waals surface area contributed by atoms with Crippen LogP contribution in [0.1, 0.15) is 97.1 Å². The Morgan fingerprint density at radius 2 is 1.15 bits per heavy atom. The number of ketones is 1. The quantitative estimate of drug-likeness (QED) is 0.129. The Bertz CT molecular complexity index is 1490. The predicted molar refractivity (Wildman–Crippen MR) is 207 cm³/mol. The number of carbonyl (C=O) groups excluding carboxylic acids is 5. The molecule has 11 nitrogen and oxygen atoms in total. The Morgan fingerprint density at radius 1 is 0.642 bits per heavy atom. The molecule has 0 radical (unpaired) electrons. The molecule has 0 aromatic heterocycles. The number of hydrazine groups is 1. The van der Waals surface area contributed by atoms with Gasteiger partial charge in [0.15, 0.2) is 5.78 Å². The molecule has 2 fully saturated rings. The number of nitrogens with zero attached hydrogens (tertiary/aromatic N) is 1. The number of hydrogen-bond donors (Lipinski definition) is 5. The lowest BCUT2D eigenvalue weighted by atomic mass is 9.91. The first-order chi connectivity index (χ1) is 25.3. The molecule has 1 aliphatic carbocycles. The van der Waals surface area contributed by atoms with Gasteiger partial charge >= 0.3 is 0 Å². The first-order valence-electron chi connectivity index (χ1n) is 19.6. The maximum Gasteiger partial charge on any atom is 0.243 e. The second kappa shape index (κ2) is 20.4. The summed E-state index contributed by atoms with van der Waals surface area (Å²) in [7, 11) is 0. The molecule has 4 rings (SSSR count). The zero-order valence-corrected chi connectivity index (χ0v) is 32.4. The van der Waals surface area contributed by atoms with Crippen molar-refractivity contribution in [3.63, 3.8) is 0 Å². The summed E-state index contributed by atoms with van der Waals surface area (Å²) in [5, 5.41) is 13.8. The lowest BCUT2D eigenvalue weighted by molar-refractivity contribution is -0.135. The van der Waals surface area contributed by atoms with Gasteiger partial charge in [0.25, 0.3) is 0 Å². The van der Waals surface area contributed by atoms with Gasteiger partial charge in [-0.2, -0.15) is 0 Å². The van der Waals surface area contributed by atoms with Crippen LogP contribution in [-0.4, -0.2) is 78.2 Å². The second-order valence-electron chi connectivity index (χ2n) is 16.1. The summed E-state index contributed by atoms with van der Waals surface area (Å²) in [5.41, 5.74) is 4.64. The van der Waals surface area contributed by atoms with E-state index in [1.54, 1.807) is 0 Å². The number of nitrogens with one attached hydrogen (secondary N) is 5. The molecule has 290 valence electrons. The van der Waals surface area contributed by atoms with Crippen molar-refractivity contribution in [2.75, 3.05) is 19.6 Å². The third kappa shape index (κ3) is 14.0. The fraction of sp³-hybridized carbons (Fsp3) is 0.595. The molecule has 11 heteroatoms. The zero-order chi connectivity index (χ0) is 38.4. The molecule has 53 heavy (non-hydrogen) atoms. The zero-order valence-electron chi connectivity index (χ0n) is 32.4. The van der Waals surface area contributed by atoms with E-state index >= 15 is 0 Å². The van der Waals surface area contributed by atoms with Crippen LogP contribution in [-0.2, 0) is 36.8 Å². The van der Waals surface area contributed by atoms with Crippen LogP contribution in [0.15, 0.2) is 60.7 Å². The molecular weight excluding hydrogens is 668 g/mol. The minimum Gasteiger partial charge on any atom is -0.344 e. The highest BCUT2D eigenvalue weighted by Gasteiger charge is 2.48. The molecule has 2 aliphatic rings. The van der Waals surface area contributed by atoms with Crippen molar-refractivity contribution >= 4 is 29.4 Å². The van der Waals surface area contributed by atoms with E-state index in [9.17, 15) is 24.0 Å². The summed E-state index contributed by atoms with van der Waals surface area (Å²) in [6.07, 6.45) is 6.84. The van der Waals surface area contributed by atoms with Crippen molar-refractivity contribution in [3.8, 4) is 0 Å². The molecule has 0 spiro atoms. The van der Waals surface area contributed by atoms with Crippen LogP contribution in [0.25, 0.3) is 0 Å². The summed E-state index contributed by atoms with van der Waals surface area (Å²) in [4.78, 5) is 68.7. The molecule has 0 unspecified atom stereocenters. The summed E-state index contributed by atoms with van der Waals surface area (Å²) < 4.78 is 0. The van der Waals surface area contributed by atoms with Gasteiger partial charge in [0, 0.05) is 24.9 Å². The molecular formula is C42H62N6O5. The predicted octanol–water partition coefficient (Wildman–Crippen LogP) is 4.25. The molecule has 4 amide bonds. The maximum atomic E-state index is 14.1. The minimum atomic E-state index is -0.986. The van der Waals surface area contributed by atoms with Gasteiger partial charge in [-0.05, 0) is 74.3 Å². The normalized spacial score (nSPS) is 17.6. The van der Waals surface area contributed by atoms with Gasteiger partial charge < -0.3 is 21.3 Å². The van der Waals surface area contributed by atoms with Gasteiger partial charge in [0.1, 0.15) is 18.1 Å². The lowest BCUT2D eigenvalue weighted by Crippen LogP contribution is -2.59. The number of carbonyl (C=O) groups is 5. The molecule has 4 atom stereocenters. The summed E-state index contributed by atoms with van der Waals surface area (Å²) in [6.45, 7) is 11.7. The maximum absolute atomic E-state index is 14.1. The molecule has 1 saturated carbocycles. The van der Waals surface area contributed by atoms with E-state index in [1.165, 1.54) is 6.42 Å². The molecule has 2 aromatic carbocycles. The van der Waals surface area contributed by atoms with Crippen molar-refractivity contribution < 1.29 is 24.0 Å². The SMILES string of the molecule is CC(C)C[C@H](NC(=O)[C@H](CCc1ccccc1)NC(=O)CNN1CCCCC1)C(=O)N[C@@H](Cc1ccccc1)C(=O)N[C@@H](CC(C)C)C(=O)C1(C)CC1. The summed E-state index contributed by atoms with van der Waals surface area (Å²) >= 11 is 0. The first-order valence-corrected chi connectivity index (χ1v) is 19.6. The highest BCUT2D eigenvalue weighted by molar-refractivity contribution is 5.97. The standard InChI is InChI=1S/C42H62N6O5/c1-29(2)25-34(38(50)42(5)21-22-42)45-41(53)36(27-32-17-11-7-12-18-32)47-40(52)35(26-30(3)4)46-39(51)33(20-19-31-15-9-6-10-16-31)44-37(49)28-43-48-23-13-8-14-24-48/h6-7,9-12,15-18,29-30,33-36,43H,8,13-14,19-28H2,1-5H3,(H,44,49)(H,45,53)(H,46,51)(H,47,52)/t33-,34-,35-,36-/m0/s1. The van der Waals surface area contributed by atoms with Crippen LogP contribution in [0.2, 0.25) is 0 Å². The van der Waals surface area contributed by atoms with E-state index in [2.05, 4.69) is 26.7 Å². The molecule has 5 N–H and O–H groups in total. The second-order valence-corrected chi connectivity index (χ2v) is 16.1. The van der Waals surface area contributed by atoms with Crippen LogP contribution < -0.4 is 26.7 Å². The van der Waals surface area contributed by atoms with Crippen molar-refractivity contribution in [1.29, 1.82) is 0 Å². The van der Waals surface area contributed by atoms with Crippen LogP contribution >= 0.6 is 0 Å². The van der Waals surface area contributed by atoms with Gasteiger partial charge in [0.05, 0.1) is 12.6 Å².